The molecule has 0 fully saturated rings. The molecule has 0 bridgehead atoms. The van der Waals surface area contributed by atoms with Crippen LogP contribution in [0, 0.1) is 13.8 Å². The number of carbonyl (C=O) groups excluding carboxylic acids is 2. The van der Waals surface area contributed by atoms with Gasteiger partial charge in [0, 0.05) is 16.8 Å². The van der Waals surface area contributed by atoms with Crippen LogP contribution in [-0.2, 0) is 16.1 Å². The van der Waals surface area contributed by atoms with Gasteiger partial charge in [-0.3, -0.25) is 14.2 Å². The Kier molecular flexibility index (Phi) is 5.32. The Morgan fingerprint density at radius 2 is 1.93 bits per heavy atom. The molecule has 3 rings (SSSR count). The smallest absolute Gasteiger partial charge is 0.408 e. The number of benzene rings is 2. The first-order valence-electron chi connectivity index (χ1n) is 8.27. The predicted molar refractivity (Wildman–Crippen MR) is 103 cm³/mol. The van der Waals surface area contributed by atoms with Crippen LogP contribution in [0.5, 0.6) is 0 Å². The van der Waals surface area contributed by atoms with Gasteiger partial charge in [0.05, 0.1) is 12.1 Å². The van der Waals surface area contributed by atoms with Crippen molar-refractivity contribution in [2.45, 2.75) is 20.4 Å². The molecule has 0 saturated carbocycles. The highest BCUT2D eigenvalue weighted by atomic mass is 35.5. The highest BCUT2D eigenvalue weighted by molar-refractivity contribution is 6.31. The average Bonchev–Trinajstić information content (AvgIpc) is 2.92. The highest BCUT2D eigenvalue weighted by Gasteiger charge is 2.14. The van der Waals surface area contributed by atoms with Crippen LogP contribution in [0.2, 0.25) is 5.02 Å². The summed E-state index contributed by atoms with van der Waals surface area (Å²) in [7, 11) is 0. The van der Waals surface area contributed by atoms with Gasteiger partial charge >= 0.3 is 5.76 Å². The van der Waals surface area contributed by atoms with Gasteiger partial charge in [0.1, 0.15) is 6.54 Å². The lowest BCUT2D eigenvalue weighted by atomic mass is 10.1. The van der Waals surface area contributed by atoms with Gasteiger partial charge in [-0.25, -0.2) is 4.79 Å². The summed E-state index contributed by atoms with van der Waals surface area (Å²) in [5, 5.41) is 5.68. The first-order valence-corrected chi connectivity index (χ1v) is 8.64. The van der Waals surface area contributed by atoms with E-state index in [0.29, 0.717) is 21.8 Å². The predicted octanol–water partition coefficient (Wildman–Crippen LogP) is 2.62. The van der Waals surface area contributed by atoms with Crippen molar-refractivity contribution in [2.75, 3.05) is 11.9 Å². The van der Waals surface area contributed by atoms with Gasteiger partial charge in [-0.15, -0.1) is 0 Å². The van der Waals surface area contributed by atoms with Crippen LogP contribution in [0.25, 0.3) is 11.1 Å². The van der Waals surface area contributed by atoms with Gasteiger partial charge in [-0.1, -0.05) is 23.7 Å². The van der Waals surface area contributed by atoms with Crippen molar-refractivity contribution in [3.8, 4) is 0 Å². The lowest BCUT2D eigenvalue weighted by molar-refractivity contribution is -0.124. The lowest BCUT2D eigenvalue weighted by Gasteiger charge is -2.11. The first kappa shape index (κ1) is 18.7. The Labute approximate surface area is 159 Å². The van der Waals surface area contributed by atoms with E-state index in [2.05, 4.69) is 10.6 Å². The summed E-state index contributed by atoms with van der Waals surface area (Å²) in [4.78, 5) is 36.1. The fourth-order valence-corrected chi connectivity index (χ4v) is 2.81. The van der Waals surface area contributed by atoms with Crippen molar-refractivity contribution < 1.29 is 14.0 Å². The number of carbonyl (C=O) groups is 2. The molecule has 2 aromatic carbocycles. The molecule has 0 aliphatic carbocycles. The van der Waals surface area contributed by atoms with Crippen molar-refractivity contribution in [1.29, 1.82) is 0 Å². The third-order valence-corrected chi connectivity index (χ3v) is 4.49. The van der Waals surface area contributed by atoms with E-state index < -0.39 is 11.7 Å². The molecule has 0 spiro atoms. The summed E-state index contributed by atoms with van der Waals surface area (Å²) in [6, 6.07) is 10.3. The zero-order chi connectivity index (χ0) is 19.6. The second-order valence-corrected chi connectivity index (χ2v) is 6.57. The van der Waals surface area contributed by atoms with Crippen LogP contribution in [0.1, 0.15) is 11.1 Å². The van der Waals surface area contributed by atoms with Gasteiger partial charge in [0.25, 0.3) is 0 Å². The molecule has 1 aromatic heterocycles. The van der Waals surface area contributed by atoms with E-state index in [1.807, 2.05) is 26.0 Å². The number of anilines is 1. The molecular weight excluding hydrogens is 370 g/mol. The van der Waals surface area contributed by atoms with Crippen molar-refractivity contribution in [1.82, 2.24) is 9.88 Å². The van der Waals surface area contributed by atoms with E-state index in [9.17, 15) is 14.4 Å². The molecule has 8 heteroatoms. The fraction of sp³-hybridized carbons (Fsp3) is 0.211. The number of aromatic nitrogens is 1. The number of hydrogen-bond donors (Lipinski definition) is 2. The number of fused-ring (bicyclic) bond motifs is 1. The molecule has 0 radical (unpaired) electrons. The molecule has 2 amide bonds. The normalized spacial score (nSPS) is 10.8. The van der Waals surface area contributed by atoms with Crippen LogP contribution in [-0.4, -0.2) is 22.9 Å². The SMILES string of the molecule is Cc1cccc(NC(=O)CNC(=O)Cn2c(=O)oc3cc(Cl)ccc32)c1C. The highest BCUT2D eigenvalue weighted by Crippen LogP contribution is 2.19. The van der Waals surface area contributed by atoms with Crippen LogP contribution in [0.3, 0.4) is 0 Å². The van der Waals surface area contributed by atoms with E-state index in [1.54, 1.807) is 18.2 Å². The minimum Gasteiger partial charge on any atom is -0.408 e. The number of amides is 2. The Morgan fingerprint density at radius 1 is 1.15 bits per heavy atom. The molecule has 1 heterocycles. The van der Waals surface area contributed by atoms with Crippen molar-refractivity contribution in [2.24, 2.45) is 0 Å². The van der Waals surface area contributed by atoms with Crippen LogP contribution in [0.4, 0.5) is 5.69 Å². The third-order valence-electron chi connectivity index (χ3n) is 4.26. The molecule has 0 atom stereocenters. The van der Waals surface area contributed by atoms with E-state index in [1.165, 1.54) is 10.6 Å². The molecule has 3 aromatic rings. The van der Waals surface area contributed by atoms with Gasteiger partial charge in [-0.2, -0.15) is 0 Å². The van der Waals surface area contributed by atoms with E-state index in [-0.39, 0.29) is 19.0 Å². The molecule has 0 aliphatic heterocycles. The average molecular weight is 388 g/mol. The minimum atomic E-state index is -0.665. The Bertz CT molecular complexity index is 1080. The van der Waals surface area contributed by atoms with Crippen LogP contribution >= 0.6 is 11.6 Å². The monoisotopic (exact) mass is 387 g/mol. The Hall–Kier alpha value is -3.06. The molecular formula is C19H18ClN3O4. The second kappa shape index (κ2) is 7.67. The quantitative estimate of drug-likeness (QED) is 0.703. The molecule has 140 valence electrons. The number of rotatable bonds is 5. The van der Waals surface area contributed by atoms with E-state index in [4.69, 9.17) is 16.0 Å². The van der Waals surface area contributed by atoms with Gasteiger partial charge in [0.15, 0.2) is 5.58 Å². The Balaban J connectivity index is 1.62. The summed E-state index contributed by atoms with van der Waals surface area (Å²) in [5.74, 6) is -1.50. The van der Waals surface area contributed by atoms with Crippen LogP contribution < -0.4 is 16.4 Å². The topological polar surface area (TPSA) is 93.3 Å². The maximum Gasteiger partial charge on any atom is 0.420 e. The molecule has 7 nitrogen and oxygen atoms in total. The molecule has 2 N–H and O–H groups in total. The summed E-state index contributed by atoms with van der Waals surface area (Å²) in [5.41, 5.74) is 3.48. The maximum absolute atomic E-state index is 12.1. The molecule has 0 saturated heterocycles. The van der Waals surface area contributed by atoms with Crippen LogP contribution in [0.15, 0.2) is 45.6 Å². The van der Waals surface area contributed by atoms with Gasteiger partial charge in [0.2, 0.25) is 11.8 Å². The van der Waals surface area contributed by atoms with E-state index >= 15 is 0 Å². The molecule has 0 unspecified atom stereocenters. The van der Waals surface area contributed by atoms with E-state index in [0.717, 1.165) is 11.1 Å². The summed E-state index contributed by atoms with van der Waals surface area (Å²) in [6.07, 6.45) is 0. The number of nitrogens with one attached hydrogen (secondary N) is 2. The van der Waals surface area contributed by atoms with Gasteiger partial charge < -0.3 is 15.1 Å². The van der Waals surface area contributed by atoms with Gasteiger partial charge in [-0.05, 0) is 43.2 Å². The number of hydrogen-bond acceptors (Lipinski definition) is 4. The third kappa shape index (κ3) is 4.20. The summed E-state index contributed by atoms with van der Waals surface area (Å²) < 4.78 is 6.26. The molecule has 27 heavy (non-hydrogen) atoms. The van der Waals surface area contributed by atoms with Crippen molar-refractivity contribution in [3.63, 3.8) is 0 Å². The summed E-state index contributed by atoms with van der Waals surface area (Å²) in [6.45, 7) is 3.39. The van der Waals surface area contributed by atoms with Crippen molar-refractivity contribution >= 4 is 40.2 Å². The number of nitrogens with zero attached hydrogens (tertiary/aromatic N) is 1. The Morgan fingerprint density at radius 3 is 2.70 bits per heavy atom. The van der Waals surface area contributed by atoms with Crippen molar-refractivity contribution in [3.05, 3.63) is 63.1 Å². The zero-order valence-corrected chi connectivity index (χ0v) is 15.6. The number of oxazole rings is 1. The fourth-order valence-electron chi connectivity index (χ4n) is 2.65. The standard InChI is InChI=1S/C19H18ClN3O4/c1-11-4-3-5-14(12(11)2)22-17(24)9-21-18(25)10-23-15-7-6-13(20)8-16(15)27-19(23)26/h3-8H,9-10H2,1-2H3,(H,21,25)(H,22,24). The largest absolute Gasteiger partial charge is 0.420 e. The molecule has 0 aliphatic rings. The number of aryl methyl sites for hydroxylation is 1. The first-order chi connectivity index (χ1) is 12.8. The summed E-state index contributed by atoms with van der Waals surface area (Å²) >= 11 is 5.86. The minimum absolute atomic E-state index is 0.206. The number of halogens is 1. The zero-order valence-electron chi connectivity index (χ0n) is 14.8. The maximum atomic E-state index is 12.1. The lowest BCUT2D eigenvalue weighted by Crippen LogP contribution is -2.36. The second-order valence-electron chi connectivity index (χ2n) is 6.14.